The van der Waals surface area contributed by atoms with Crippen molar-refractivity contribution in [3.63, 3.8) is 0 Å². The Kier molecular flexibility index (Phi) is 4.27. The maximum Gasteiger partial charge on any atom is 0.0267 e. The Hall–Kier alpha value is -0.0100. The van der Waals surface area contributed by atoms with Gasteiger partial charge in [0.1, 0.15) is 0 Å². The van der Waals surface area contributed by atoms with Crippen LogP contribution in [0.25, 0.3) is 0 Å². The van der Waals surface area contributed by atoms with Crippen molar-refractivity contribution in [1.82, 2.24) is 4.90 Å². The zero-order valence-corrected chi connectivity index (χ0v) is 9.64. The summed E-state index contributed by atoms with van der Waals surface area (Å²) in [5.41, 5.74) is 1.40. The Labute approximate surface area is 86.8 Å². The molecule has 76 valence electrons. The molecule has 0 amide bonds. The minimum absolute atomic E-state index is 0.660. The molecule has 13 heavy (non-hydrogen) atoms. The number of nitrogens with zero attached hydrogens (tertiary/aromatic N) is 1. The summed E-state index contributed by atoms with van der Waals surface area (Å²) in [7, 11) is 0. The maximum atomic E-state index is 5.89. The summed E-state index contributed by atoms with van der Waals surface area (Å²) in [5, 5.41) is 0. The van der Waals surface area contributed by atoms with Crippen LogP contribution in [-0.4, -0.2) is 29.9 Å². The van der Waals surface area contributed by atoms with Gasteiger partial charge in [0, 0.05) is 18.5 Å². The minimum atomic E-state index is 0.660. The third-order valence-corrected chi connectivity index (χ3v) is 3.37. The lowest BCUT2D eigenvalue weighted by Gasteiger charge is -2.22. The Morgan fingerprint density at radius 2 is 2.23 bits per heavy atom. The Balaban J connectivity index is 2.41. The van der Waals surface area contributed by atoms with Crippen LogP contribution in [0, 0.1) is 5.92 Å². The lowest BCUT2D eigenvalue weighted by atomic mass is 10.1. The van der Waals surface area contributed by atoms with E-state index < -0.39 is 0 Å². The largest absolute Gasteiger partial charge is 0.297 e. The molecule has 0 N–H and O–H groups in total. The normalized spacial score (nSPS) is 29.2. The van der Waals surface area contributed by atoms with Crippen LogP contribution in [-0.2, 0) is 0 Å². The molecule has 0 radical (unpaired) electrons. The summed E-state index contributed by atoms with van der Waals surface area (Å²) in [6.45, 7) is 8.90. The highest BCUT2D eigenvalue weighted by atomic mass is 35.5. The van der Waals surface area contributed by atoms with Gasteiger partial charge in [0.25, 0.3) is 0 Å². The fourth-order valence-electron chi connectivity index (χ4n) is 1.84. The fraction of sp³-hybridized carbons (Fsp3) is 0.818. The second-order valence-corrected chi connectivity index (χ2v) is 4.53. The van der Waals surface area contributed by atoms with Crippen molar-refractivity contribution in [2.75, 3.05) is 19.0 Å². The van der Waals surface area contributed by atoms with Gasteiger partial charge in [0.2, 0.25) is 0 Å². The third-order valence-electron chi connectivity index (χ3n) is 2.98. The first-order valence-corrected chi connectivity index (χ1v) is 5.62. The minimum Gasteiger partial charge on any atom is -0.297 e. The molecule has 2 heteroatoms. The second kappa shape index (κ2) is 5.02. The van der Waals surface area contributed by atoms with Gasteiger partial charge in [-0.05, 0) is 39.7 Å². The number of hydrogen-bond acceptors (Lipinski definition) is 1. The first-order chi connectivity index (χ1) is 6.15. The van der Waals surface area contributed by atoms with E-state index in [2.05, 4.69) is 31.7 Å². The van der Waals surface area contributed by atoms with E-state index in [4.69, 9.17) is 11.6 Å². The van der Waals surface area contributed by atoms with E-state index in [0.717, 1.165) is 12.4 Å². The van der Waals surface area contributed by atoms with Crippen molar-refractivity contribution in [2.24, 2.45) is 5.92 Å². The predicted molar refractivity (Wildman–Crippen MR) is 59.3 cm³/mol. The second-order valence-electron chi connectivity index (χ2n) is 4.22. The molecule has 0 aliphatic carbocycles. The third kappa shape index (κ3) is 2.99. The van der Waals surface area contributed by atoms with Gasteiger partial charge < -0.3 is 0 Å². The van der Waals surface area contributed by atoms with Crippen LogP contribution in [0.15, 0.2) is 11.6 Å². The van der Waals surface area contributed by atoms with Crippen LogP contribution in [0.5, 0.6) is 0 Å². The van der Waals surface area contributed by atoms with Gasteiger partial charge in [-0.25, -0.2) is 0 Å². The van der Waals surface area contributed by atoms with Crippen LogP contribution in [0.4, 0.5) is 0 Å². The monoisotopic (exact) mass is 201 g/mol. The van der Waals surface area contributed by atoms with Gasteiger partial charge in [0.15, 0.2) is 0 Å². The molecule has 2 unspecified atom stereocenters. The molecule has 1 fully saturated rings. The molecule has 0 aromatic carbocycles. The molecule has 1 nitrogen and oxygen atoms in total. The van der Waals surface area contributed by atoms with Gasteiger partial charge in [-0.3, -0.25) is 4.90 Å². The number of halogens is 1. The first-order valence-electron chi connectivity index (χ1n) is 5.08. The van der Waals surface area contributed by atoms with E-state index in [1.165, 1.54) is 18.5 Å². The Morgan fingerprint density at radius 1 is 1.54 bits per heavy atom. The van der Waals surface area contributed by atoms with Crippen molar-refractivity contribution >= 4 is 11.6 Å². The van der Waals surface area contributed by atoms with E-state index in [9.17, 15) is 0 Å². The van der Waals surface area contributed by atoms with Gasteiger partial charge in [0.05, 0.1) is 0 Å². The van der Waals surface area contributed by atoms with E-state index in [-0.39, 0.29) is 0 Å². The van der Waals surface area contributed by atoms with Gasteiger partial charge in [-0.2, -0.15) is 0 Å². The molecular weight excluding hydrogens is 182 g/mol. The van der Waals surface area contributed by atoms with Crippen LogP contribution in [0.2, 0.25) is 0 Å². The standard InChI is InChI=1S/C11H20ClN/c1-9(2)4-6-13-7-5-11(8-12)10(13)3/h4,10-11H,5-8H2,1-3H3. The van der Waals surface area contributed by atoms with E-state index in [1.807, 2.05) is 0 Å². The summed E-state index contributed by atoms with van der Waals surface area (Å²) < 4.78 is 0. The number of likely N-dealkylation sites (tertiary alicyclic amines) is 1. The summed E-state index contributed by atoms with van der Waals surface area (Å²) in [5.74, 6) is 1.51. The molecule has 1 rings (SSSR count). The molecule has 1 heterocycles. The van der Waals surface area contributed by atoms with Gasteiger partial charge >= 0.3 is 0 Å². The average Bonchev–Trinajstić information content (AvgIpc) is 2.43. The Bertz CT molecular complexity index is 185. The number of hydrogen-bond donors (Lipinski definition) is 0. The zero-order chi connectivity index (χ0) is 9.84. The molecule has 0 bridgehead atoms. The molecule has 2 atom stereocenters. The van der Waals surface area contributed by atoms with Gasteiger partial charge in [-0.15, -0.1) is 11.6 Å². The maximum absolute atomic E-state index is 5.89. The highest BCUT2D eigenvalue weighted by Gasteiger charge is 2.28. The average molecular weight is 202 g/mol. The number of allylic oxidation sites excluding steroid dienone is 1. The first kappa shape index (κ1) is 11.1. The van der Waals surface area contributed by atoms with Crippen molar-refractivity contribution in [1.29, 1.82) is 0 Å². The smallest absolute Gasteiger partial charge is 0.0267 e. The lowest BCUT2D eigenvalue weighted by Crippen LogP contribution is -2.30. The molecule has 0 spiro atoms. The number of alkyl halides is 1. The molecule has 1 saturated heterocycles. The SMILES string of the molecule is CC(C)=CCN1CCC(CCl)C1C. The highest BCUT2D eigenvalue weighted by Crippen LogP contribution is 2.24. The summed E-state index contributed by atoms with van der Waals surface area (Å²) >= 11 is 5.89. The van der Waals surface area contributed by atoms with Crippen molar-refractivity contribution in [3.8, 4) is 0 Å². The quantitative estimate of drug-likeness (QED) is 0.502. The van der Waals surface area contributed by atoms with E-state index >= 15 is 0 Å². The molecular formula is C11H20ClN. The summed E-state index contributed by atoms with van der Waals surface area (Å²) in [4.78, 5) is 2.51. The molecule has 0 aromatic heterocycles. The summed E-state index contributed by atoms with van der Waals surface area (Å²) in [6, 6.07) is 0.660. The van der Waals surface area contributed by atoms with Crippen LogP contribution in [0.1, 0.15) is 27.2 Å². The van der Waals surface area contributed by atoms with Crippen molar-refractivity contribution in [2.45, 2.75) is 33.2 Å². The molecule has 0 saturated carbocycles. The van der Waals surface area contributed by atoms with Crippen LogP contribution < -0.4 is 0 Å². The molecule has 0 aromatic rings. The van der Waals surface area contributed by atoms with E-state index in [1.54, 1.807) is 0 Å². The molecule has 1 aliphatic rings. The summed E-state index contributed by atoms with van der Waals surface area (Å²) in [6.07, 6.45) is 3.56. The number of rotatable bonds is 3. The predicted octanol–water partition coefficient (Wildman–Crippen LogP) is 2.90. The Morgan fingerprint density at radius 3 is 2.69 bits per heavy atom. The van der Waals surface area contributed by atoms with Gasteiger partial charge in [-0.1, -0.05) is 11.6 Å². The lowest BCUT2D eigenvalue weighted by molar-refractivity contribution is 0.273. The topological polar surface area (TPSA) is 3.24 Å². The molecule has 1 aliphatic heterocycles. The fourth-order valence-corrected chi connectivity index (χ4v) is 2.25. The van der Waals surface area contributed by atoms with Crippen LogP contribution in [0.3, 0.4) is 0 Å². The highest BCUT2D eigenvalue weighted by molar-refractivity contribution is 6.18. The zero-order valence-electron chi connectivity index (χ0n) is 8.89. The van der Waals surface area contributed by atoms with Crippen molar-refractivity contribution < 1.29 is 0 Å². The van der Waals surface area contributed by atoms with Crippen molar-refractivity contribution in [3.05, 3.63) is 11.6 Å². The van der Waals surface area contributed by atoms with Crippen LogP contribution >= 0.6 is 11.6 Å². The van der Waals surface area contributed by atoms with E-state index in [0.29, 0.717) is 12.0 Å².